The van der Waals surface area contributed by atoms with Gasteiger partial charge in [-0.1, -0.05) is 13.8 Å². The van der Waals surface area contributed by atoms with Crippen LogP contribution in [0.3, 0.4) is 0 Å². The summed E-state index contributed by atoms with van der Waals surface area (Å²) in [6, 6.07) is 0. The predicted octanol–water partition coefficient (Wildman–Crippen LogP) is 4.47. The first-order chi connectivity index (χ1) is 11.9. The van der Waals surface area contributed by atoms with E-state index in [2.05, 4.69) is 49.9 Å². The molecule has 0 bridgehead atoms. The summed E-state index contributed by atoms with van der Waals surface area (Å²) in [4.78, 5) is 15.0. The van der Waals surface area contributed by atoms with Gasteiger partial charge in [0, 0.05) is 29.6 Å². The Balaban J connectivity index is 1.96. The zero-order chi connectivity index (χ0) is 17.8. The number of nitrogens with one attached hydrogen (secondary N) is 1. The Kier molecular flexibility index (Phi) is 3.92. The van der Waals surface area contributed by atoms with E-state index in [1.54, 1.807) is 17.7 Å². The van der Waals surface area contributed by atoms with Crippen molar-refractivity contribution >= 4 is 37.6 Å². The molecule has 1 N–H and O–H groups in total. The molecule has 0 saturated carbocycles. The van der Waals surface area contributed by atoms with Crippen LogP contribution in [0.2, 0.25) is 0 Å². The molecule has 0 amide bonds. The summed E-state index contributed by atoms with van der Waals surface area (Å²) in [7, 11) is 0. The predicted molar refractivity (Wildman–Crippen MR) is 103 cm³/mol. The molecule has 25 heavy (non-hydrogen) atoms. The molecular weight excluding hydrogens is 332 g/mol. The summed E-state index contributed by atoms with van der Waals surface area (Å²) in [5.41, 5.74) is 4.49. The Morgan fingerprint density at radius 1 is 1.28 bits per heavy atom. The van der Waals surface area contributed by atoms with E-state index < -0.39 is 0 Å². The van der Waals surface area contributed by atoms with Crippen molar-refractivity contribution in [2.24, 2.45) is 5.92 Å². The molecule has 4 rings (SSSR count). The van der Waals surface area contributed by atoms with Crippen LogP contribution in [0.5, 0.6) is 0 Å². The van der Waals surface area contributed by atoms with Crippen LogP contribution in [0.25, 0.3) is 20.4 Å². The monoisotopic (exact) mass is 356 g/mol. The van der Waals surface area contributed by atoms with Gasteiger partial charge in [0.1, 0.15) is 17.0 Å². The molecule has 0 spiro atoms. The highest BCUT2D eigenvalue weighted by molar-refractivity contribution is 7.26. The molecule has 0 unspecified atom stereocenters. The summed E-state index contributed by atoms with van der Waals surface area (Å²) in [5.74, 6) is 1.48. The van der Waals surface area contributed by atoms with E-state index in [9.17, 15) is 0 Å². The molecule has 5 nitrogen and oxygen atoms in total. The molecular formula is C19H24N4OS. The summed E-state index contributed by atoms with van der Waals surface area (Å²) in [5, 5.41) is 4.65. The maximum atomic E-state index is 6.02. The van der Waals surface area contributed by atoms with Gasteiger partial charge < -0.3 is 10.1 Å². The standard InChI is InChI=1S/C19H24N4OS/c1-10(2)7-20-17-16-15(21-9-22-17)14-12-6-19(4,5)24-8-13(12)11(3)23-18(14)25-16/h9-10H,6-8H2,1-5H3,(H,20,21,22). The maximum absolute atomic E-state index is 6.02. The lowest BCUT2D eigenvalue weighted by Crippen LogP contribution is -2.32. The van der Waals surface area contributed by atoms with Crippen molar-refractivity contribution in [2.45, 2.75) is 53.2 Å². The highest BCUT2D eigenvalue weighted by Crippen LogP contribution is 2.41. The van der Waals surface area contributed by atoms with E-state index in [4.69, 9.17) is 9.72 Å². The third-order valence-electron chi connectivity index (χ3n) is 4.71. The SMILES string of the molecule is Cc1nc2sc3c(NCC(C)C)ncnc3c2c2c1COC(C)(C)C2. The fourth-order valence-electron chi connectivity index (χ4n) is 3.39. The van der Waals surface area contributed by atoms with Crippen molar-refractivity contribution in [1.29, 1.82) is 0 Å². The van der Waals surface area contributed by atoms with Crippen LogP contribution < -0.4 is 5.32 Å². The van der Waals surface area contributed by atoms with Crippen molar-refractivity contribution < 1.29 is 4.74 Å². The molecule has 1 aliphatic rings. The largest absolute Gasteiger partial charge is 0.370 e. The Hall–Kier alpha value is -1.79. The minimum absolute atomic E-state index is 0.159. The quantitative estimate of drug-likeness (QED) is 0.750. The highest BCUT2D eigenvalue weighted by Gasteiger charge is 2.30. The van der Waals surface area contributed by atoms with E-state index in [-0.39, 0.29) is 5.60 Å². The third-order valence-corrected chi connectivity index (χ3v) is 5.79. The van der Waals surface area contributed by atoms with Gasteiger partial charge in [-0.15, -0.1) is 11.3 Å². The summed E-state index contributed by atoms with van der Waals surface area (Å²) in [6.07, 6.45) is 2.54. The number of hydrogen-bond donors (Lipinski definition) is 1. The summed E-state index contributed by atoms with van der Waals surface area (Å²) in [6.45, 7) is 12.3. The summed E-state index contributed by atoms with van der Waals surface area (Å²) >= 11 is 1.69. The third kappa shape index (κ3) is 2.87. The molecule has 6 heteroatoms. The van der Waals surface area contributed by atoms with Gasteiger partial charge in [-0.05, 0) is 32.3 Å². The first kappa shape index (κ1) is 16.7. The van der Waals surface area contributed by atoms with E-state index in [1.165, 1.54) is 16.5 Å². The van der Waals surface area contributed by atoms with Crippen molar-refractivity contribution in [3.05, 3.63) is 23.1 Å². The lowest BCUT2D eigenvalue weighted by molar-refractivity contribution is -0.0400. The van der Waals surface area contributed by atoms with Gasteiger partial charge in [0.05, 0.1) is 22.4 Å². The maximum Gasteiger partial charge on any atom is 0.147 e. The van der Waals surface area contributed by atoms with E-state index in [0.29, 0.717) is 12.5 Å². The van der Waals surface area contributed by atoms with Crippen molar-refractivity contribution in [3.63, 3.8) is 0 Å². The topological polar surface area (TPSA) is 59.9 Å². The molecule has 1 aliphatic heterocycles. The Morgan fingerprint density at radius 3 is 2.84 bits per heavy atom. The molecule has 0 radical (unpaired) electrons. The van der Waals surface area contributed by atoms with Gasteiger partial charge in [0.15, 0.2) is 0 Å². The van der Waals surface area contributed by atoms with Gasteiger partial charge in [0.25, 0.3) is 0 Å². The number of aryl methyl sites for hydroxylation is 1. The second kappa shape index (κ2) is 5.88. The number of rotatable bonds is 3. The van der Waals surface area contributed by atoms with Crippen LogP contribution in [0.15, 0.2) is 6.33 Å². The van der Waals surface area contributed by atoms with Gasteiger partial charge in [-0.25, -0.2) is 15.0 Å². The van der Waals surface area contributed by atoms with E-state index in [1.807, 2.05) is 0 Å². The van der Waals surface area contributed by atoms with E-state index >= 15 is 0 Å². The normalized spacial score (nSPS) is 16.6. The van der Waals surface area contributed by atoms with Gasteiger partial charge in [0.2, 0.25) is 0 Å². The number of thiophene rings is 1. The number of anilines is 1. The lowest BCUT2D eigenvalue weighted by atomic mass is 9.89. The fraction of sp³-hybridized carbons (Fsp3) is 0.526. The molecule has 3 aromatic rings. The molecule has 3 aromatic heterocycles. The van der Waals surface area contributed by atoms with E-state index in [0.717, 1.165) is 39.5 Å². The molecule has 0 atom stereocenters. The number of pyridine rings is 1. The Morgan fingerprint density at radius 2 is 2.08 bits per heavy atom. The molecule has 132 valence electrons. The molecule has 0 fully saturated rings. The average Bonchev–Trinajstić information content (AvgIpc) is 2.90. The molecule has 0 aromatic carbocycles. The first-order valence-corrected chi connectivity index (χ1v) is 9.61. The number of nitrogens with zero attached hydrogens (tertiary/aromatic N) is 3. The fourth-order valence-corrected chi connectivity index (χ4v) is 4.57. The van der Waals surface area contributed by atoms with Crippen LogP contribution in [0.4, 0.5) is 5.82 Å². The van der Waals surface area contributed by atoms with Crippen molar-refractivity contribution in [3.8, 4) is 0 Å². The number of aromatic nitrogens is 3. The highest BCUT2D eigenvalue weighted by atomic mass is 32.1. The lowest BCUT2D eigenvalue weighted by Gasteiger charge is -2.32. The molecule has 0 aliphatic carbocycles. The van der Waals surface area contributed by atoms with Crippen LogP contribution in [-0.4, -0.2) is 27.1 Å². The van der Waals surface area contributed by atoms with Gasteiger partial charge >= 0.3 is 0 Å². The first-order valence-electron chi connectivity index (χ1n) is 8.79. The smallest absolute Gasteiger partial charge is 0.147 e. The summed E-state index contributed by atoms with van der Waals surface area (Å²) < 4.78 is 7.12. The van der Waals surface area contributed by atoms with Gasteiger partial charge in [-0.3, -0.25) is 0 Å². The number of fused-ring (bicyclic) bond motifs is 5. The Bertz CT molecular complexity index is 961. The van der Waals surface area contributed by atoms with Crippen molar-refractivity contribution in [1.82, 2.24) is 15.0 Å². The minimum atomic E-state index is -0.159. The molecule has 0 saturated heterocycles. The Labute approximate surface area is 151 Å². The zero-order valence-corrected chi connectivity index (χ0v) is 16.3. The number of hydrogen-bond acceptors (Lipinski definition) is 6. The van der Waals surface area contributed by atoms with Crippen molar-refractivity contribution in [2.75, 3.05) is 11.9 Å². The zero-order valence-electron chi connectivity index (χ0n) is 15.4. The van der Waals surface area contributed by atoms with Crippen LogP contribution in [-0.2, 0) is 17.8 Å². The number of ether oxygens (including phenoxy) is 1. The van der Waals surface area contributed by atoms with Crippen LogP contribution >= 0.6 is 11.3 Å². The average molecular weight is 356 g/mol. The second-order valence-corrected chi connectivity index (χ2v) is 8.84. The van der Waals surface area contributed by atoms with Crippen LogP contribution in [0, 0.1) is 12.8 Å². The second-order valence-electron chi connectivity index (χ2n) is 7.84. The van der Waals surface area contributed by atoms with Crippen LogP contribution in [0.1, 0.15) is 44.5 Å². The molecule has 4 heterocycles. The van der Waals surface area contributed by atoms with Gasteiger partial charge in [-0.2, -0.15) is 0 Å². The minimum Gasteiger partial charge on any atom is -0.370 e.